The summed E-state index contributed by atoms with van der Waals surface area (Å²) in [6, 6.07) is 7.32. The molecule has 4 fully saturated rings. The van der Waals surface area contributed by atoms with Crippen molar-refractivity contribution in [2.45, 2.75) is 37.4 Å². The Balaban J connectivity index is 1.31. The van der Waals surface area contributed by atoms with E-state index in [9.17, 15) is 9.59 Å². The molecule has 0 bridgehead atoms. The number of piperidine rings is 1. The van der Waals surface area contributed by atoms with Gasteiger partial charge in [-0.2, -0.15) is 0 Å². The van der Waals surface area contributed by atoms with Gasteiger partial charge in [0.2, 0.25) is 5.91 Å². The molecule has 0 aromatic heterocycles. The molecule has 1 aromatic carbocycles. The molecule has 3 saturated heterocycles. The topological polar surface area (TPSA) is 68.4 Å². The Morgan fingerprint density at radius 3 is 2.61 bits per heavy atom. The summed E-state index contributed by atoms with van der Waals surface area (Å²) >= 11 is 0. The van der Waals surface area contributed by atoms with Crippen molar-refractivity contribution in [2.24, 2.45) is 5.92 Å². The van der Waals surface area contributed by atoms with Crippen LogP contribution in [0.15, 0.2) is 24.3 Å². The number of fused-ring (bicyclic) bond motifs is 2. The highest BCUT2D eigenvalue weighted by Gasteiger charge is 2.59. The summed E-state index contributed by atoms with van der Waals surface area (Å²) in [6.07, 6.45) is 4.09. The number of benzene rings is 1. The van der Waals surface area contributed by atoms with Gasteiger partial charge in [0.25, 0.3) is 0 Å². The molecule has 0 radical (unpaired) electrons. The van der Waals surface area contributed by atoms with Gasteiger partial charge in [-0.1, -0.05) is 12.1 Å². The van der Waals surface area contributed by atoms with E-state index in [1.54, 1.807) is 7.11 Å². The second kappa shape index (κ2) is 7.98. The van der Waals surface area contributed by atoms with Crippen molar-refractivity contribution in [2.75, 3.05) is 58.7 Å². The Labute approximate surface area is 184 Å². The Morgan fingerprint density at radius 1 is 1.16 bits per heavy atom. The third-order valence-electron chi connectivity index (χ3n) is 7.51. The molecule has 3 heterocycles. The second-order valence-electron chi connectivity index (χ2n) is 9.46. The van der Waals surface area contributed by atoms with E-state index in [1.165, 1.54) is 12.8 Å². The zero-order chi connectivity index (χ0) is 21.6. The number of para-hydroxylation sites is 2. The SMILES string of the molecule is COc1ccccc1NC(=O)N1CCC2(CC1)N(CC1CC1)C(=O)[C@H]1CN(C)CCN12. The molecule has 5 rings (SSSR count). The Bertz CT molecular complexity index is 849. The maximum absolute atomic E-state index is 13.4. The second-order valence-corrected chi connectivity index (χ2v) is 9.46. The van der Waals surface area contributed by atoms with Crippen molar-refractivity contribution < 1.29 is 14.3 Å². The highest BCUT2D eigenvalue weighted by atomic mass is 16.5. The number of carbonyl (C=O) groups excluding carboxylic acids is 2. The third-order valence-corrected chi connectivity index (χ3v) is 7.51. The first-order chi connectivity index (χ1) is 15.0. The molecule has 1 aromatic rings. The van der Waals surface area contributed by atoms with Gasteiger partial charge in [0.05, 0.1) is 12.8 Å². The van der Waals surface area contributed by atoms with Gasteiger partial charge in [0.1, 0.15) is 17.5 Å². The molecule has 1 N–H and O–H groups in total. The van der Waals surface area contributed by atoms with Crippen molar-refractivity contribution in [1.82, 2.24) is 19.6 Å². The van der Waals surface area contributed by atoms with Crippen LogP contribution in [0.1, 0.15) is 25.7 Å². The number of carbonyl (C=O) groups is 2. The quantitative estimate of drug-likeness (QED) is 0.795. The number of nitrogens with zero attached hydrogens (tertiary/aromatic N) is 4. The number of rotatable bonds is 4. The van der Waals surface area contributed by atoms with E-state index in [4.69, 9.17) is 4.74 Å². The fourth-order valence-electron chi connectivity index (χ4n) is 5.55. The van der Waals surface area contributed by atoms with Crippen LogP contribution in [-0.2, 0) is 4.79 Å². The maximum Gasteiger partial charge on any atom is 0.321 e. The molecule has 1 aliphatic carbocycles. The number of likely N-dealkylation sites (tertiary alicyclic amines) is 1. The van der Waals surface area contributed by atoms with Crippen LogP contribution in [0.25, 0.3) is 0 Å². The van der Waals surface area contributed by atoms with Crippen LogP contribution in [-0.4, -0.2) is 96.7 Å². The number of amides is 3. The van der Waals surface area contributed by atoms with Crippen LogP contribution in [0, 0.1) is 5.92 Å². The van der Waals surface area contributed by atoms with Gasteiger partial charge in [-0.3, -0.25) is 9.69 Å². The molecule has 31 heavy (non-hydrogen) atoms. The van der Waals surface area contributed by atoms with E-state index in [2.05, 4.69) is 27.1 Å². The van der Waals surface area contributed by atoms with Crippen LogP contribution < -0.4 is 10.1 Å². The molecular weight excluding hydrogens is 394 g/mol. The normalized spacial score (nSPS) is 26.3. The van der Waals surface area contributed by atoms with Gasteiger partial charge < -0.3 is 24.8 Å². The first-order valence-corrected chi connectivity index (χ1v) is 11.5. The lowest BCUT2D eigenvalue weighted by Crippen LogP contribution is -2.64. The van der Waals surface area contributed by atoms with E-state index < -0.39 is 0 Å². The zero-order valence-electron chi connectivity index (χ0n) is 18.5. The number of ether oxygens (including phenoxy) is 1. The van der Waals surface area contributed by atoms with Crippen LogP contribution >= 0.6 is 0 Å². The van der Waals surface area contributed by atoms with Crippen molar-refractivity contribution in [3.63, 3.8) is 0 Å². The lowest BCUT2D eigenvalue weighted by molar-refractivity contribution is -0.134. The number of hydrogen-bond acceptors (Lipinski definition) is 5. The fourth-order valence-corrected chi connectivity index (χ4v) is 5.55. The smallest absolute Gasteiger partial charge is 0.321 e. The zero-order valence-corrected chi connectivity index (χ0v) is 18.5. The molecular formula is C23H33N5O3. The first kappa shape index (κ1) is 20.6. The number of urea groups is 1. The van der Waals surface area contributed by atoms with Gasteiger partial charge in [-0.15, -0.1) is 0 Å². The van der Waals surface area contributed by atoms with Crippen LogP contribution in [0.5, 0.6) is 5.75 Å². The predicted molar refractivity (Wildman–Crippen MR) is 118 cm³/mol. The minimum Gasteiger partial charge on any atom is -0.495 e. The number of piperazine rings is 1. The van der Waals surface area contributed by atoms with E-state index in [1.807, 2.05) is 29.2 Å². The maximum atomic E-state index is 13.4. The standard InChI is InChI=1S/C23H33N5O3/c1-25-13-14-27-19(16-25)21(29)28(15-17-7-8-17)23(27)9-11-26(12-10-23)22(30)24-18-5-3-4-6-20(18)31-2/h3-6,17,19H,7-16H2,1-2H3,(H,24,30)/t19-/m1/s1. The molecule has 8 heteroatoms. The highest BCUT2D eigenvalue weighted by molar-refractivity contribution is 5.91. The van der Waals surface area contributed by atoms with Crippen LogP contribution in [0.4, 0.5) is 10.5 Å². The molecule has 1 atom stereocenters. The lowest BCUT2D eigenvalue weighted by atomic mass is 9.93. The molecule has 4 aliphatic rings. The minimum atomic E-state index is -0.229. The number of hydrogen-bond donors (Lipinski definition) is 1. The van der Waals surface area contributed by atoms with Gasteiger partial charge in [-0.25, -0.2) is 4.79 Å². The first-order valence-electron chi connectivity index (χ1n) is 11.5. The monoisotopic (exact) mass is 427 g/mol. The van der Waals surface area contributed by atoms with E-state index in [0.717, 1.165) is 39.0 Å². The van der Waals surface area contributed by atoms with Gasteiger partial charge >= 0.3 is 6.03 Å². The molecule has 3 amide bonds. The molecule has 3 aliphatic heterocycles. The summed E-state index contributed by atoms with van der Waals surface area (Å²) in [5.74, 6) is 1.61. The number of likely N-dealkylation sites (N-methyl/N-ethyl adjacent to an activating group) is 1. The van der Waals surface area contributed by atoms with Crippen molar-refractivity contribution in [3.8, 4) is 5.75 Å². The predicted octanol–water partition coefficient (Wildman–Crippen LogP) is 1.89. The average molecular weight is 428 g/mol. The number of nitrogens with one attached hydrogen (secondary N) is 1. The average Bonchev–Trinajstić information content (AvgIpc) is 3.58. The Morgan fingerprint density at radius 2 is 1.90 bits per heavy atom. The summed E-state index contributed by atoms with van der Waals surface area (Å²) in [7, 11) is 3.71. The minimum absolute atomic E-state index is 0.0357. The summed E-state index contributed by atoms with van der Waals surface area (Å²) in [6.45, 7) is 4.88. The van der Waals surface area contributed by atoms with Gasteiger partial charge in [0, 0.05) is 52.1 Å². The largest absolute Gasteiger partial charge is 0.495 e. The summed E-state index contributed by atoms with van der Waals surface area (Å²) in [4.78, 5) is 35.2. The molecule has 0 unspecified atom stereocenters. The molecule has 1 spiro atoms. The van der Waals surface area contributed by atoms with Crippen LogP contribution in [0.2, 0.25) is 0 Å². The van der Waals surface area contributed by atoms with Crippen molar-refractivity contribution >= 4 is 17.6 Å². The van der Waals surface area contributed by atoms with E-state index in [0.29, 0.717) is 36.4 Å². The Kier molecular flexibility index (Phi) is 5.30. The lowest BCUT2D eigenvalue weighted by Gasteiger charge is -2.50. The van der Waals surface area contributed by atoms with Gasteiger partial charge in [0.15, 0.2) is 0 Å². The molecule has 8 nitrogen and oxygen atoms in total. The molecule has 1 saturated carbocycles. The number of anilines is 1. The van der Waals surface area contributed by atoms with Crippen molar-refractivity contribution in [3.05, 3.63) is 24.3 Å². The summed E-state index contributed by atoms with van der Waals surface area (Å²) in [5.41, 5.74) is 0.452. The van der Waals surface area contributed by atoms with E-state index in [-0.39, 0.29) is 17.7 Å². The summed E-state index contributed by atoms with van der Waals surface area (Å²) < 4.78 is 5.36. The highest BCUT2D eigenvalue weighted by Crippen LogP contribution is 2.44. The van der Waals surface area contributed by atoms with E-state index >= 15 is 0 Å². The Hall–Kier alpha value is -2.32. The van der Waals surface area contributed by atoms with Gasteiger partial charge in [-0.05, 0) is 37.9 Å². The third kappa shape index (κ3) is 3.65. The fraction of sp³-hybridized carbons (Fsp3) is 0.652. The summed E-state index contributed by atoms with van der Waals surface area (Å²) in [5, 5.41) is 3.00. The van der Waals surface area contributed by atoms with Crippen LogP contribution in [0.3, 0.4) is 0 Å². The molecule has 168 valence electrons. The van der Waals surface area contributed by atoms with Crippen molar-refractivity contribution in [1.29, 1.82) is 0 Å². The number of methoxy groups -OCH3 is 1.